The molecule has 2 aliphatic heterocycles. The molecule has 1 atom stereocenters. The van der Waals surface area contributed by atoms with Gasteiger partial charge in [-0.15, -0.1) is 0 Å². The molecule has 3 rings (SSSR count). The van der Waals surface area contributed by atoms with Gasteiger partial charge in [-0.05, 0) is 25.0 Å². The Morgan fingerprint density at radius 2 is 2.05 bits per heavy atom. The van der Waals surface area contributed by atoms with E-state index in [1.807, 2.05) is 12.1 Å². The van der Waals surface area contributed by atoms with E-state index in [0.717, 1.165) is 37.4 Å². The number of nitrogens with one attached hydrogen (secondary N) is 2. The van der Waals surface area contributed by atoms with Crippen LogP contribution in [-0.4, -0.2) is 44.9 Å². The fourth-order valence-electron chi connectivity index (χ4n) is 2.61. The van der Waals surface area contributed by atoms with Crippen LogP contribution in [0.2, 0.25) is 0 Å². The fourth-order valence-corrected chi connectivity index (χ4v) is 2.61. The highest BCUT2D eigenvalue weighted by molar-refractivity contribution is 5.91. The average molecular weight is 306 g/mol. The van der Waals surface area contributed by atoms with E-state index in [4.69, 9.17) is 14.2 Å². The zero-order valence-corrected chi connectivity index (χ0v) is 12.6. The molecular formula is C16H22N2O4. The molecule has 1 unspecified atom stereocenters. The third-order valence-corrected chi connectivity index (χ3v) is 3.75. The van der Waals surface area contributed by atoms with E-state index in [9.17, 15) is 4.79 Å². The first kappa shape index (κ1) is 15.1. The predicted octanol–water partition coefficient (Wildman–Crippen LogP) is 1.55. The van der Waals surface area contributed by atoms with Gasteiger partial charge in [-0.3, -0.25) is 4.79 Å². The molecule has 22 heavy (non-hydrogen) atoms. The lowest BCUT2D eigenvalue weighted by Crippen LogP contribution is -2.29. The minimum absolute atomic E-state index is 0.0171. The molecule has 1 fully saturated rings. The van der Waals surface area contributed by atoms with E-state index in [1.54, 1.807) is 6.07 Å². The van der Waals surface area contributed by atoms with E-state index in [2.05, 4.69) is 10.6 Å². The lowest BCUT2D eigenvalue weighted by Gasteiger charge is -2.19. The SMILES string of the molecule is O=C(CCNCC1CCCO1)Nc1ccc2c(c1)OCCO2. The number of benzene rings is 1. The van der Waals surface area contributed by atoms with Crippen molar-refractivity contribution >= 4 is 11.6 Å². The van der Waals surface area contributed by atoms with E-state index >= 15 is 0 Å². The summed E-state index contributed by atoms with van der Waals surface area (Å²) < 4.78 is 16.5. The molecule has 0 saturated carbocycles. The van der Waals surface area contributed by atoms with Gasteiger partial charge in [-0.2, -0.15) is 0 Å². The number of carbonyl (C=O) groups excluding carboxylic acids is 1. The van der Waals surface area contributed by atoms with Gasteiger partial charge in [0.2, 0.25) is 5.91 Å². The Labute approximate surface area is 130 Å². The first-order valence-corrected chi connectivity index (χ1v) is 7.83. The van der Waals surface area contributed by atoms with E-state index < -0.39 is 0 Å². The van der Waals surface area contributed by atoms with Gasteiger partial charge in [-0.1, -0.05) is 0 Å². The molecule has 2 heterocycles. The summed E-state index contributed by atoms with van der Waals surface area (Å²) in [6, 6.07) is 5.44. The summed E-state index contributed by atoms with van der Waals surface area (Å²) in [6.07, 6.45) is 2.98. The van der Waals surface area contributed by atoms with Gasteiger partial charge in [0.25, 0.3) is 0 Å². The molecule has 2 aliphatic rings. The zero-order chi connectivity index (χ0) is 15.2. The van der Waals surface area contributed by atoms with Crippen molar-refractivity contribution in [3.63, 3.8) is 0 Å². The fraction of sp³-hybridized carbons (Fsp3) is 0.562. The van der Waals surface area contributed by atoms with Crippen molar-refractivity contribution in [1.29, 1.82) is 0 Å². The number of ether oxygens (including phenoxy) is 3. The Bertz CT molecular complexity index is 515. The van der Waals surface area contributed by atoms with Gasteiger partial charge in [0.15, 0.2) is 11.5 Å². The number of hydrogen-bond donors (Lipinski definition) is 2. The summed E-state index contributed by atoms with van der Waals surface area (Å²) in [5.74, 6) is 1.39. The Hall–Kier alpha value is -1.79. The van der Waals surface area contributed by atoms with Crippen LogP contribution in [0, 0.1) is 0 Å². The van der Waals surface area contributed by atoms with Crippen molar-refractivity contribution in [1.82, 2.24) is 5.32 Å². The standard InChI is InChI=1S/C16H22N2O4/c19-16(5-6-17-11-13-2-1-7-20-13)18-12-3-4-14-15(10-12)22-9-8-21-14/h3-4,10,13,17H,1-2,5-9,11H2,(H,18,19). The minimum atomic E-state index is -0.0171. The van der Waals surface area contributed by atoms with E-state index in [1.165, 1.54) is 0 Å². The number of fused-ring (bicyclic) bond motifs is 1. The zero-order valence-electron chi connectivity index (χ0n) is 12.6. The molecule has 0 radical (unpaired) electrons. The number of carbonyl (C=O) groups is 1. The average Bonchev–Trinajstić information content (AvgIpc) is 3.05. The van der Waals surface area contributed by atoms with Gasteiger partial charge in [0.05, 0.1) is 6.10 Å². The van der Waals surface area contributed by atoms with Gasteiger partial charge >= 0.3 is 0 Å². The molecule has 6 heteroatoms. The third kappa shape index (κ3) is 4.11. The summed E-state index contributed by atoms with van der Waals surface area (Å²) in [5.41, 5.74) is 0.730. The summed E-state index contributed by atoms with van der Waals surface area (Å²) in [7, 11) is 0. The topological polar surface area (TPSA) is 68.8 Å². The van der Waals surface area contributed by atoms with Crippen LogP contribution in [0.4, 0.5) is 5.69 Å². The molecule has 120 valence electrons. The molecule has 1 aromatic carbocycles. The van der Waals surface area contributed by atoms with Gasteiger partial charge in [0, 0.05) is 37.9 Å². The molecule has 0 bridgehead atoms. The van der Waals surface area contributed by atoms with Crippen molar-refractivity contribution in [2.75, 3.05) is 38.2 Å². The smallest absolute Gasteiger partial charge is 0.225 e. The van der Waals surface area contributed by atoms with Crippen LogP contribution in [0.25, 0.3) is 0 Å². The van der Waals surface area contributed by atoms with Crippen LogP contribution in [0.1, 0.15) is 19.3 Å². The molecule has 0 aromatic heterocycles. The van der Waals surface area contributed by atoms with Crippen LogP contribution in [0.5, 0.6) is 11.5 Å². The highest BCUT2D eigenvalue weighted by Gasteiger charge is 2.15. The molecule has 0 spiro atoms. The highest BCUT2D eigenvalue weighted by Crippen LogP contribution is 2.32. The first-order valence-electron chi connectivity index (χ1n) is 7.83. The predicted molar refractivity (Wildman–Crippen MR) is 82.5 cm³/mol. The van der Waals surface area contributed by atoms with Gasteiger partial charge in [-0.25, -0.2) is 0 Å². The maximum Gasteiger partial charge on any atom is 0.225 e. The second-order valence-electron chi connectivity index (χ2n) is 5.50. The second-order valence-corrected chi connectivity index (χ2v) is 5.50. The van der Waals surface area contributed by atoms with Crippen LogP contribution in [0.3, 0.4) is 0 Å². The quantitative estimate of drug-likeness (QED) is 0.781. The second kappa shape index (κ2) is 7.47. The van der Waals surface area contributed by atoms with Gasteiger partial charge < -0.3 is 24.8 Å². The Morgan fingerprint density at radius 3 is 2.86 bits per heavy atom. The summed E-state index contributed by atoms with van der Waals surface area (Å²) in [4.78, 5) is 11.9. The molecular weight excluding hydrogens is 284 g/mol. The monoisotopic (exact) mass is 306 g/mol. The summed E-state index contributed by atoms with van der Waals surface area (Å²) in [5, 5.41) is 6.14. The molecule has 6 nitrogen and oxygen atoms in total. The largest absolute Gasteiger partial charge is 0.486 e. The van der Waals surface area contributed by atoms with Crippen molar-refractivity contribution in [2.24, 2.45) is 0 Å². The first-order chi connectivity index (χ1) is 10.8. The molecule has 2 N–H and O–H groups in total. The number of anilines is 1. The molecule has 1 amide bonds. The van der Waals surface area contributed by atoms with Crippen LogP contribution in [0.15, 0.2) is 18.2 Å². The van der Waals surface area contributed by atoms with E-state index in [-0.39, 0.29) is 5.91 Å². The van der Waals surface area contributed by atoms with Crippen LogP contribution in [-0.2, 0) is 9.53 Å². The van der Waals surface area contributed by atoms with Gasteiger partial charge in [0.1, 0.15) is 13.2 Å². The highest BCUT2D eigenvalue weighted by atomic mass is 16.6. The van der Waals surface area contributed by atoms with Crippen LogP contribution >= 0.6 is 0 Å². The molecule has 0 aliphatic carbocycles. The van der Waals surface area contributed by atoms with Crippen molar-refractivity contribution < 1.29 is 19.0 Å². The van der Waals surface area contributed by atoms with E-state index in [0.29, 0.717) is 38.0 Å². The summed E-state index contributed by atoms with van der Waals surface area (Å²) in [6.45, 7) is 3.43. The Kier molecular flexibility index (Phi) is 5.13. The lowest BCUT2D eigenvalue weighted by atomic mass is 10.2. The normalized spacial score (nSPS) is 19.9. The molecule has 1 saturated heterocycles. The molecule has 1 aromatic rings. The van der Waals surface area contributed by atoms with Crippen LogP contribution < -0.4 is 20.1 Å². The maximum atomic E-state index is 11.9. The van der Waals surface area contributed by atoms with Crippen molar-refractivity contribution in [3.05, 3.63) is 18.2 Å². The maximum absolute atomic E-state index is 11.9. The number of rotatable bonds is 6. The van der Waals surface area contributed by atoms with Crippen molar-refractivity contribution in [2.45, 2.75) is 25.4 Å². The number of hydrogen-bond acceptors (Lipinski definition) is 5. The lowest BCUT2D eigenvalue weighted by molar-refractivity contribution is -0.116. The Morgan fingerprint density at radius 1 is 1.18 bits per heavy atom. The minimum Gasteiger partial charge on any atom is -0.486 e. The third-order valence-electron chi connectivity index (χ3n) is 3.75. The number of amides is 1. The Balaban J connectivity index is 1.39. The summed E-state index contributed by atoms with van der Waals surface area (Å²) >= 11 is 0. The van der Waals surface area contributed by atoms with Crippen molar-refractivity contribution in [3.8, 4) is 11.5 Å².